The number of aliphatic hydroxyl groups excluding tert-OH is 1. The van der Waals surface area contributed by atoms with Crippen LogP contribution in [0.25, 0.3) is 22.5 Å². The van der Waals surface area contributed by atoms with Gasteiger partial charge in [-0.3, -0.25) is 19.6 Å². The number of nitrogens with zero attached hydrogens (tertiary/aromatic N) is 3. The monoisotopic (exact) mass is 643 g/mol. The molecule has 1 atom stereocenters. The molecule has 0 saturated carbocycles. The zero-order valence-electron chi connectivity index (χ0n) is 26.1. The van der Waals surface area contributed by atoms with Crippen LogP contribution in [0.1, 0.15) is 45.6 Å². The lowest BCUT2D eigenvalue weighted by Crippen LogP contribution is -2.35. The van der Waals surface area contributed by atoms with E-state index in [1.54, 1.807) is 19.5 Å². The fraction of sp³-hybridized carbons (Fsp3) is 0.324. The highest BCUT2D eigenvalue weighted by Gasteiger charge is 2.21. The molecule has 12 heteroatoms. The topological polar surface area (TPSA) is 150 Å². The van der Waals surface area contributed by atoms with Crippen LogP contribution in [0.3, 0.4) is 0 Å². The molecule has 0 bridgehead atoms. The minimum atomic E-state index is -0.320. The first kappa shape index (κ1) is 33.0. The van der Waals surface area contributed by atoms with Crippen LogP contribution in [0.5, 0.6) is 5.88 Å². The number of pyridine rings is 3. The average molecular weight is 644 g/mol. The smallest absolute Gasteiger partial charge is 0.274 e. The van der Waals surface area contributed by atoms with E-state index < -0.39 is 0 Å². The van der Waals surface area contributed by atoms with Gasteiger partial charge in [-0.1, -0.05) is 35.9 Å². The molecule has 1 aliphatic rings. The second kappa shape index (κ2) is 15.2. The van der Waals surface area contributed by atoms with E-state index in [-0.39, 0.29) is 24.5 Å². The van der Waals surface area contributed by atoms with Gasteiger partial charge in [0.05, 0.1) is 30.1 Å². The third-order valence-electron chi connectivity index (χ3n) is 7.89. The Labute approximate surface area is 273 Å². The van der Waals surface area contributed by atoms with E-state index >= 15 is 0 Å². The highest BCUT2D eigenvalue weighted by Crippen LogP contribution is 2.38. The number of aryl methyl sites for hydroxylation is 1. The largest absolute Gasteiger partial charge is 0.481 e. The predicted octanol–water partition coefficient (Wildman–Crippen LogP) is 4.19. The first-order chi connectivity index (χ1) is 22.3. The van der Waals surface area contributed by atoms with Gasteiger partial charge in [0.25, 0.3) is 5.91 Å². The van der Waals surface area contributed by atoms with E-state index in [1.807, 2.05) is 56.3 Å². The normalized spacial score (nSPS) is 14.3. The van der Waals surface area contributed by atoms with Crippen LogP contribution < -0.4 is 26.0 Å². The van der Waals surface area contributed by atoms with Crippen LogP contribution in [0, 0.1) is 13.8 Å². The third kappa shape index (κ3) is 7.68. The molecule has 46 heavy (non-hydrogen) atoms. The van der Waals surface area contributed by atoms with Gasteiger partial charge in [0.1, 0.15) is 5.69 Å². The summed E-state index contributed by atoms with van der Waals surface area (Å²) in [4.78, 5) is 38.5. The number of benzene rings is 1. The van der Waals surface area contributed by atoms with E-state index in [0.29, 0.717) is 71.8 Å². The Morgan fingerprint density at radius 2 is 1.96 bits per heavy atom. The molecule has 11 nitrogen and oxygen atoms in total. The van der Waals surface area contributed by atoms with Gasteiger partial charge in [0.15, 0.2) is 0 Å². The summed E-state index contributed by atoms with van der Waals surface area (Å²) in [5, 5.41) is 21.8. The first-order valence-electron chi connectivity index (χ1n) is 15.2. The number of carbonyl (C=O) groups is 2. The molecule has 1 unspecified atom stereocenters. The molecular formula is C34H38ClN7O4. The van der Waals surface area contributed by atoms with Gasteiger partial charge in [-0.05, 0) is 55.2 Å². The molecule has 1 saturated heterocycles. The van der Waals surface area contributed by atoms with Crippen molar-refractivity contribution in [2.45, 2.75) is 45.8 Å². The third-order valence-corrected chi connectivity index (χ3v) is 8.28. The van der Waals surface area contributed by atoms with E-state index in [4.69, 9.17) is 26.4 Å². The van der Waals surface area contributed by atoms with Crippen LogP contribution in [0.2, 0.25) is 5.02 Å². The Bertz CT molecular complexity index is 1730. The number of aromatic nitrogens is 3. The standard InChI is InChI=1S/C34H38ClN7O4/c1-20-15-22(16-36-13-14-43)17-39-31(20)33(45)41-27-6-4-5-25(21(27)2)32-30(35)26(11-12-38-32)28-9-7-23(34(42-28)46-3)18-37-19-24-8-10-29(44)40-24/h4-7,9,11-12,15,17,24,36-37,43H,8,10,13-14,16,18-19H2,1-3H3,(H,40,44)(H,41,45). The minimum Gasteiger partial charge on any atom is -0.481 e. The molecule has 1 aliphatic heterocycles. The fourth-order valence-corrected chi connectivity index (χ4v) is 5.77. The van der Waals surface area contributed by atoms with Gasteiger partial charge < -0.3 is 31.1 Å². The number of nitrogens with one attached hydrogen (secondary N) is 4. The maximum atomic E-state index is 13.2. The van der Waals surface area contributed by atoms with Gasteiger partial charge in [-0.2, -0.15) is 0 Å². The van der Waals surface area contributed by atoms with Gasteiger partial charge in [0.2, 0.25) is 11.8 Å². The number of amides is 2. The van der Waals surface area contributed by atoms with Gasteiger partial charge in [-0.15, -0.1) is 0 Å². The Balaban J connectivity index is 1.33. The van der Waals surface area contributed by atoms with E-state index in [2.05, 4.69) is 31.2 Å². The van der Waals surface area contributed by atoms with Gasteiger partial charge in [-0.25, -0.2) is 4.98 Å². The summed E-state index contributed by atoms with van der Waals surface area (Å²) in [6.07, 6.45) is 4.74. The van der Waals surface area contributed by atoms with Crippen LogP contribution in [-0.4, -0.2) is 64.7 Å². The SMILES string of the molecule is COc1nc(-c2ccnc(-c3cccc(NC(=O)c4ncc(CNCCO)cc4C)c3C)c2Cl)ccc1CNCC1CCC(=O)N1. The Morgan fingerprint density at radius 1 is 1.11 bits per heavy atom. The molecule has 0 aliphatic carbocycles. The molecule has 0 spiro atoms. The number of rotatable bonds is 13. The van der Waals surface area contributed by atoms with Crippen molar-refractivity contribution in [2.24, 2.45) is 0 Å². The van der Waals surface area contributed by atoms with Crippen molar-refractivity contribution >= 4 is 29.1 Å². The van der Waals surface area contributed by atoms with Crippen molar-refractivity contribution < 1.29 is 19.4 Å². The molecule has 5 N–H and O–H groups in total. The van der Waals surface area contributed by atoms with Crippen LogP contribution in [0.15, 0.2) is 54.9 Å². The molecule has 2 amide bonds. The zero-order chi connectivity index (χ0) is 32.6. The molecule has 4 aromatic rings. The number of carbonyl (C=O) groups excluding carboxylic acids is 2. The number of halogens is 1. The van der Waals surface area contributed by atoms with E-state index in [1.165, 1.54) is 0 Å². The van der Waals surface area contributed by atoms with Crippen molar-refractivity contribution in [3.63, 3.8) is 0 Å². The maximum Gasteiger partial charge on any atom is 0.274 e. The second-order valence-electron chi connectivity index (χ2n) is 11.2. The van der Waals surface area contributed by atoms with Crippen LogP contribution in [0.4, 0.5) is 5.69 Å². The lowest BCUT2D eigenvalue weighted by Gasteiger charge is -2.16. The summed E-state index contributed by atoms with van der Waals surface area (Å²) in [6, 6.07) is 13.3. The fourth-order valence-electron chi connectivity index (χ4n) is 5.46. The molecule has 240 valence electrons. The summed E-state index contributed by atoms with van der Waals surface area (Å²) >= 11 is 6.98. The first-order valence-corrected chi connectivity index (χ1v) is 15.5. The van der Waals surface area contributed by atoms with Gasteiger partial charge >= 0.3 is 0 Å². The van der Waals surface area contributed by atoms with Crippen LogP contribution in [-0.2, 0) is 17.9 Å². The number of anilines is 1. The molecular weight excluding hydrogens is 606 g/mol. The van der Waals surface area contributed by atoms with Crippen molar-refractivity contribution in [3.8, 4) is 28.4 Å². The number of hydrogen-bond acceptors (Lipinski definition) is 9. The average Bonchev–Trinajstić information content (AvgIpc) is 3.47. The van der Waals surface area contributed by atoms with Crippen molar-refractivity contribution in [1.29, 1.82) is 0 Å². The summed E-state index contributed by atoms with van der Waals surface area (Å²) in [6.45, 7) is 6.05. The summed E-state index contributed by atoms with van der Waals surface area (Å²) in [5.41, 5.74) is 6.98. The summed E-state index contributed by atoms with van der Waals surface area (Å²) < 4.78 is 5.61. The molecule has 4 heterocycles. The van der Waals surface area contributed by atoms with Crippen molar-refractivity contribution in [3.05, 3.63) is 87.8 Å². The molecule has 5 rings (SSSR count). The molecule has 0 radical (unpaired) electrons. The van der Waals surface area contributed by atoms with Gasteiger partial charge in [0, 0.05) is 73.4 Å². The van der Waals surface area contributed by atoms with Crippen molar-refractivity contribution in [2.75, 3.05) is 32.1 Å². The number of hydrogen-bond donors (Lipinski definition) is 5. The minimum absolute atomic E-state index is 0.0534. The Hall–Kier alpha value is -4.42. The zero-order valence-corrected chi connectivity index (χ0v) is 26.9. The predicted molar refractivity (Wildman–Crippen MR) is 178 cm³/mol. The van der Waals surface area contributed by atoms with E-state index in [0.717, 1.165) is 34.2 Å². The van der Waals surface area contributed by atoms with E-state index in [9.17, 15) is 9.59 Å². The highest BCUT2D eigenvalue weighted by molar-refractivity contribution is 6.35. The molecule has 1 fully saturated rings. The molecule has 1 aromatic carbocycles. The number of methoxy groups -OCH3 is 1. The van der Waals surface area contributed by atoms with Crippen molar-refractivity contribution in [1.82, 2.24) is 30.9 Å². The molecule has 3 aromatic heterocycles. The number of ether oxygens (including phenoxy) is 1. The Kier molecular flexibility index (Phi) is 10.9. The number of aliphatic hydroxyl groups is 1. The Morgan fingerprint density at radius 3 is 2.70 bits per heavy atom. The van der Waals surface area contributed by atoms with Crippen LogP contribution >= 0.6 is 11.6 Å². The maximum absolute atomic E-state index is 13.2. The second-order valence-corrected chi connectivity index (χ2v) is 11.5. The lowest BCUT2D eigenvalue weighted by atomic mass is 10.0. The summed E-state index contributed by atoms with van der Waals surface area (Å²) in [7, 11) is 1.58. The highest BCUT2D eigenvalue weighted by atomic mass is 35.5. The lowest BCUT2D eigenvalue weighted by molar-refractivity contribution is -0.119. The quantitative estimate of drug-likeness (QED) is 0.135. The summed E-state index contributed by atoms with van der Waals surface area (Å²) in [5.74, 6) is 0.252.